The topological polar surface area (TPSA) is 78.4 Å². The Morgan fingerprint density at radius 1 is 1.08 bits per heavy atom. The second-order valence-electron chi connectivity index (χ2n) is 5.97. The molecule has 2 atom stereocenters. The van der Waals surface area contributed by atoms with Gasteiger partial charge in [0.15, 0.2) is 0 Å². The first kappa shape index (κ1) is 20.2. The van der Waals surface area contributed by atoms with Crippen LogP contribution in [0.25, 0.3) is 0 Å². The van der Waals surface area contributed by atoms with E-state index >= 15 is 0 Å². The molecule has 138 valence electrons. The van der Waals surface area contributed by atoms with Crippen LogP contribution < -0.4 is 10.6 Å². The molecular formula is C19H20Cl2N2O3. The molecule has 0 fully saturated rings. The summed E-state index contributed by atoms with van der Waals surface area (Å²) in [5.74, 6) is -0.516. The van der Waals surface area contributed by atoms with Gasteiger partial charge in [-0.2, -0.15) is 0 Å². The summed E-state index contributed by atoms with van der Waals surface area (Å²) in [6.07, 6.45) is -0.828. The van der Waals surface area contributed by atoms with E-state index in [-0.39, 0.29) is 30.8 Å². The standard InChI is InChI=1S/C19H20Cl2N2O3/c1-12(23-19(26)13-5-3-2-4-6-13)7-18(25)22-11-17(24)14-8-15(20)10-16(21)9-14/h2-6,8-10,12,17,24H,7,11H2,1H3,(H,22,25)(H,23,26). The summed E-state index contributed by atoms with van der Waals surface area (Å²) in [5.41, 5.74) is 1.06. The van der Waals surface area contributed by atoms with Crippen LogP contribution in [0, 0.1) is 0 Å². The average molecular weight is 395 g/mol. The highest BCUT2D eigenvalue weighted by Gasteiger charge is 2.15. The number of aliphatic hydroxyl groups excluding tert-OH is 1. The van der Waals surface area contributed by atoms with Gasteiger partial charge in [0.25, 0.3) is 5.91 Å². The minimum atomic E-state index is -0.927. The number of aliphatic hydroxyl groups is 1. The summed E-state index contributed by atoms with van der Waals surface area (Å²) in [5, 5.41) is 16.4. The van der Waals surface area contributed by atoms with Gasteiger partial charge in [0.1, 0.15) is 0 Å². The van der Waals surface area contributed by atoms with E-state index < -0.39 is 6.10 Å². The van der Waals surface area contributed by atoms with E-state index in [1.165, 1.54) is 0 Å². The Hall–Kier alpha value is -2.08. The SMILES string of the molecule is CC(CC(=O)NCC(O)c1cc(Cl)cc(Cl)c1)NC(=O)c1ccccc1. The van der Waals surface area contributed by atoms with Crippen LogP contribution in [0.3, 0.4) is 0 Å². The van der Waals surface area contributed by atoms with Crippen molar-refractivity contribution < 1.29 is 14.7 Å². The molecule has 2 aromatic carbocycles. The molecule has 0 spiro atoms. The first-order valence-corrected chi connectivity index (χ1v) is 8.87. The van der Waals surface area contributed by atoms with E-state index in [0.29, 0.717) is 21.2 Å². The molecule has 0 bridgehead atoms. The molecule has 0 aliphatic carbocycles. The van der Waals surface area contributed by atoms with Crippen molar-refractivity contribution in [2.24, 2.45) is 0 Å². The summed E-state index contributed by atoms with van der Waals surface area (Å²) in [6, 6.07) is 13.2. The average Bonchev–Trinajstić information content (AvgIpc) is 2.59. The van der Waals surface area contributed by atoms with Crippen molar-refractivity contribution in [3.63, 3.8) is 0 Å². The van der Waals surface area contributed by atoms with Crippen molar-refractivity contribution in [2.45, 2.75) is 25.5 Å². The van der Waals surface area contributed by atoms with Crippen molar-refractivity contribution in [3.8, 4) is 0 Å². The molecular weight excluding hydrogens is 375 g/mol. The van der Waals surface area contributed by atoms with E-state index in [9.17, 15) is 14.7 Å². The van der Waals surface area contributed by atoms with Gasteiger partial charge in [-0.1, -0.05) is 41.4 Å². The normalized spacial score (nSPS) is 12.9. The maximum atomic E-state index is 12.0. The molecule has 0 aliphatic rings. The lowest BCUT2D eigenvalue weighted by molar-refractivity contribution is -0.121. The Balaban J connectivity index is 1.79. The summed E-state index contributed by atoms with van der Waals surface area (Å²) >= 11 is 11.8. The predicted molar refractivity (Wildman–Crippen MR) is 102 cm³/mol. The minimum Gasteiger partial charge on any atom is -0.387 e. The third-order valence-corrected chi connectivity index (χ3v) is 4.10. The molecule has 2 unspecified atom stereocenters. The number of nitrogens with one attached hydrogen (secondary N) is 2. The van der Waals surface area contributed by atoms with Crippen LogP contribution in [-0.2, 0) is 4.79 Å². The lowest BCUT2D eigenvalue weighted by atomic mass is 10.1. The molecule has 26 heavy (non-hydrogen) atoms. The molecule has 0 heterocycles. The van der Waals surface area contributed by atoms with Gasteiger partial charge in [0, 0.05) is 34.6 Å². The molecule has 0 saturated carbocycles. The van der Waals surface area contributed by atoms with Gasteiger partial charge in [-0.3, -0.25) is 9.59 Å². The Morgan fingerprint density at radius 3 is 2.31 bits per heavy atom. The highest BCUT2D eigenvalue weighted by molar-refractivity contribution is 6.34. The predicted octanol–water partition coefficient (Wildman–Crippen LogP) is 3.35. The molecule has 5 nitrogen and oxygen atoms in total. The Kier molecular flexibility index (Phi) is 7.45. The number of carbonyl (C=O) groups excluding carboxylic acids is 2. The zero-order valence-electron chi connectivity index (χ0n) is 14.2. The number of amides is 2. The van der Waals surface area contributed by atoms with Crippen LogP contribution in [0.2, 0.25) is 10.0 Å². The third-order valence-electron chi connectivity index (χ3n) is 3.67. The van der Waals surface area contributed by atoms with E-state index in [0.717, 1.165) is 0 Å². The third kappa shape index (κ3) is 6.33. The maximum Gasteiger partial charge on any atom is 0.251 e. The maximum absolute atomic E-state index is 12.0. The van der Waals surface area contributed by atoms with Gasteiger partial charge in [0.2, 0.25) is 5.91 Å². The molecule has 0 radical (unpaired) electrons. The second kappa shape index (κ2) is 9.57. The van der Waals surface area contributed by atoms with Crippen LogP contribution in [0.15, 0.2) is 48.5 Å². The monoisotopic (exact) mass is 394 g/mol. The van der Waals surface area contributed by atoms with Crippen LogP contribution in [0.1, 0.15) is 35.4 Å². The number of halogens is 2. The van der Waals surface area contributed by atoms with E-state index in [1.807, 2.05) is 6.07 Å². The van der Waals surface area contributed by atoms with Crippen LogP contribution in [0.5, 0.6) is 0 Å². The summed E-state index contributed by atoms with van der Waals surface area (Å²) in [6.45, 7) is 1.77. The fourth-order valence-corrected chi connectivity index (χ4v) is 2.94. The number of carbonyl (C=O) groups is 2. The summed E-state index contributed by atoms with van der Waals surface area (Å²) < 4.78 is 0. The van der Waals surface area contributed by atoms with E-state index in [1.54, 1.807) is 49.4 Å². The number of rotatable bonds is 7. The number of hydrogen-bond acceptors (Lipinski definition) is 3. The molecule has 2 aromatic rings. The molecule has 2 rings (SSSR count). The lowest BCUT2D eigenvalue weighted by Crippen LogP contribution is -2.38. The first-order valence-electron chi connectivity index (χ1n) is 8.12. The van der Waals surface area contributed by atoms with Crippen LogP contribution >= 0.6 is 23.2 Å². The number of hydrogen-bond donors (Lipinski definition) is 3. The highest BCUT2D eigenvalue weighted by atomic mass is 35.5. The summed E-state index contributed by atoms with van der Waals surface area (Å²) in [7, 11) is 0. The van der Waals surface area contributed by atoms with Crippen molar-refractivity contribution >= 4 is 35.0 Å². The molecule has 7 heteroatoms. The van der Waals surface area contributed by atoms with Crippen LogP contribution in [-0.4, -0.2) is 29.5 Å². The van der Waals surface area contributed by atoms with E-state index in [4.69, 9.17) is 23.2 Å². The fourth-order valence-electron chi connectivity index (χ4n) is 2.39. The quantitative estimate of drug-likeness (QED) is 0.673. The molecule has 0 saturated heterocycles. The zero-order valence-corrected chi connectivity index (χ0v) is 15.7. The molecule has 0 aromatic heterocycles. The lowest BCUT2D eigenvalue weighted by Gasteiger charge is -2.16. The van der Waals surface area contributed by atoms with Gasteiger partial charge in [0.05, 0.1) is 6.10 Å². The van der Waals surface area contributed by atoms with Crippen LogP contribution in [0.4, 0.5) is 0 Å². The minimum absolute atomic E-state index is 0.0227. The number of benzene rings is 2. The van der Waals surface area contributed by atoms with Gasteiger partial charge in [-0.05, 0) is 42.8 Å². The second-order valence-corrected chi connectivity index (χ2v) is 6.84. The summed E-state index contributed by atoms with van der Waals surface area (Å²) in [4.78, 5) is 24.1. The highest BCUT2D eigenvalue weighted by Crippen LogP contribution is 2.23. The zero-order chi connectivity index (χ0) is 19.1. The Bertz CT molecular complexity index is 748. The fraction of sp³-hybridized carbons (Fsp3) is 0.263. The Labute approximate surface area is 162 Å². The largest absolute Gasteiger partial charge is 0.387 e. The first-order chi connectivity index (χ1) is 12.3. The van der Waals surface area contributed by atoms with Gasteiger partial charge in [-0.15, -0.1) is 0 Å². The molecule has 3 N–H and O–H groups in total. The van der Waals surface area contributed by atoms with Gasteiger partial charge < -0.3 is 15.7 Å². The van der Waals surface area contributed by atoms with Crippen molar-refractivity contribution in [1.82, 2.24) is 10.6 Å². The van der Waals surface area contributed by atoms with Crippen molar-refractivity contribution in [3.05, 3.63) is 69.7 Å². The van der Waals surface area contributed by atoms with Gasteiger partial charge in [-0.25, -0.2) is 0 Å². The molecule has 0 aliphatic heterocycles. The smallest absolute Gasteiger partial charge is 0.251 e. The van der Waals surface area contributed by atoms with Crippen molar-refractivity contribution in [1.29, 1.82) is 0 Å². The van der Waals surface area contributed by atoms with E-state index in [2.05, 4.69) is 10.6 Å². The van der Waals surface area contributed by atoms with Gasteiger partial charge >= 0.3 is 0 Å². The molecule has 2 amide bonds. The Morgan fingerprint density at radius 2 is 1.69 bits per heavy atom. The van der Waals surface area contributed by atoms with Crippen molar-refractivity contribution in [2.75, 3.05) is 6.54 Å².